The zero-order valence-corrected chi connectivity index (χ0v) is 19.6. The van der Waals surface area contributed by atoms with Crippen LogP contribution in [0.25, 0.3) is 22.4 Å². The maximum absolute atomic E-state index is 14.1. The van der Waals surface area contributed by atoms with E-state index in [0.29, 0.717) is 48.8 Å². The Morgan fingerprint density at radius 3 is 2.49 bits per heavy atom. The molecule has 5 rings (SSSR count). The molecule has 1 aliphatic heterocycles. The van der Waals surface area contributed by atoms with Gasteiger partial charge >= 0.3 is 0 Å². The number of carbonyl (C=O) groups excluding carboxylic acids is 1. The van der Waals surface area contributed by atoms with Gasteiger partial charge in [0.05, 0.1) is 16.8 Å². The molecule has 0 aliphatic carbocycles. The van der Waals surface area contributed by atoms with Crippen molar-refractivity contribution in [3.63, 3.8) is 0 Å². The molecule has 1 amide bonds. The summed E-state index contributed by atoms with van der Waals surface area (Å²) in [5.41, 5.74) is 1.39. The standard InChI is InChI=1S/C26H26FN5O3/c1-17(2)25-28-26(35-29-25)19-15-23(33)32(21-9-5-3-7-18(19)21)16-24(34)31-13-11-30(12-14-31)22-10-6-4-8-20(22)27/h3-10,15,17H,11-14,16H2,1-2H3. The number of pyridine rings is 1. The Bertz CT molecular complexity index is 1440. The Morgan fingerprint density at radius 1 is 1.06 bits per heavy atom. The third kappa shape index (κ3) is 4.41. The highest BCUT2D eigenvalue weighted by Gasteiger charge is 2.24. The summed E-state index contributed by atoms with van der Waals surface area (Å²) < 4.78 is 21.0. The Morgan fingerprint density at radius 2 is 1.77 bits per heavy atom. The van der Waals surface area contributed by atoms with Crippen LogP contribution in [0.1, 0.15) is 25.6 Å². The topological polar surface area (TPSA) is 84.5 Å². The maximum Gasteiger partial charge on any atom is 0.258 e. The second-order valence-corrected chi connectivity index (χ2v) is 8.93. The molecule has 0 unspecified atom stereocenters. The van der Waals surface area contributed by atoms with E-state index in [1.165, 1.54) is 16.7 Å². The van der Waals surface area contributed by atoms with Crippen LogP contribution >= 0.6 is 0 Å². The van der Waals surface area contributed by atoms with Gasteiger partial charge in [0.15, 0.2) is 5.82 Å². The molecule has 2 aromatic heterocycles. The van der Waals surface area contributed by atoms with Gasteiger partial charge in [-0.1, -0.05) is 49.3 Å². The minimum absolute atomic E-state index is 0.0829. The fourth-order valence-corrected chi connectivity index (χ4v) is 4.39. The fourth-order valence-electron chi connectivity index (χ4n) is 4.39. The first-order valence-electron chi connectivity index (χ1n) is 11.7. The van der Waals surface area contributed by atoms with Crippen LogP contribution in [0.5, 0.6) is 0 Å². The molecular weight excluding hydrogens is 449 g/mol. The van der Waals surface area contributed by atoms with E-state index < -0.39 is 0 Å². The van der Waals surface area contributed by atoms with Gasteiger partial charge in [0.1, 0.15) is 12.4 Å². The van der Waals surface area contributed by atoms with E-state index in [2.05, 4.69) is 10.1 Å². The number of anilines is 1. The van der Waals surface area contributed by atoms with Crippen LogP contribution in [0.3, 0.4) is 0 Å². The number of piperazine rings is 1. The lowest BCUT2D eigenvalue weighted by Crippen LogP contribution is -2.50. The Kier molecular flexibility index (Phi) is 6.07. The van der Waals surface area contributed by atoms with Crippen LogP contribution in [-0.4, -0.2) is 51.7 Å². The summed E-state index contributed by atoms with van der Waals surface area (Å²) in [6, 6.07) is 15.5. The molecule has 1 fully saturated rings. The summed E-state index contributed by atoms with van der Waals surface area (Å²) in [6.45, 7) is 5.81. The monoisotopic (exact) mass is 475 g/mol. The first-order chi connectivity index (χ1) is 16.9. The molecule has 180 valence electrons. The van der Waals surface area contributed by atoms with Crippen molar-refractivity contribution < 1.29 is 13.7 Å². The molecule has 9 heteroatoms. The van der Waals surface area contributed by atoms with Crippen LogP contribution in [-0.2, 0) is 11.3 Å². The summed E-state index contributed by atoms with van der Waals surface area (Å²) in [4.78, 5) is 34.4. The number of aromatic nitrogens is 3. The van der Waals surface area contributed by atoms with Crippen molar-refractivity contribution in [1.82, 2.24) is 19.6 Å². The van der Waals surface area contributed by atoms with Crippen molar-refractivity contribution >= 4 is 22.5 Å². The van der Waals surface area contributed by atoms with Crippen LogP contribution in [0.15, 0.2) is 63.9 Å². The molecule has 0 N–H and O–H groups in total. The first kappa shape index (κ1) is 22.8. The average molecular weight is 476 g/mol. The first-order valence-corrected chi connectivity index (χ1v) is 11.7. The van der Waals surface area contributed by atoms with Crippen molar-refractivity contribution in [1.29, 1.82) is 0 Å². The summed E-state index contributed by atoms with van der Waals surface area (Å²) >= 11 is 0. The molecule has 8 nitrogen and oxygen atoms in total. The molecule has 0 atom stereocenters. The zero-order chi connectivity index (χ0) is 24.5. The zero-order valence-electron chi connectivity index (χ0n) is 19.6. The van der Waals surface area contributed by atoms with Gasteiger partial charge in [-0.15, -0.1) is 0 Å². The number of para-hydroxylation sites is 2. The summed E-state index contributed by atoms with van der Waals surface area (Å²) in [6.07, 6.45) is 0. The van der Waals surface area contributed by atoms with Gasteiger partial charge in [-0.05, 0) is 18.2 Å². The van der Waals surface area contributed by atoms with E-state index in [4.69, 9.17) is 4.52 Å². The smallest absolute Gasteiger partial charge is 0.258 e. The fraction of sp³-hybridized carbons (Fsp3) is 0.308. The number of halogens is 1. The number of benzene rings is 2. The normalized spacial score (nSPS) is 14.2. The molecule has 1 aliphatic rings. The van der Waals surface area contributed by atoms with E-state index in [1.807, 2.05) is 43.0 Å². The number of fused-ring (bicyclic) bond motifs is 1. The molecule has 1 saturated heterocycles. The average Bonchev–Trinajstić information content (AvgIpc) is 3.36. The van der Waals surface area contributed by atoms with Gasteiger partial charge < -0.3 is 14.3 Å². The quantitative estimate of drug-likeness (QED) is 0.438. The summed E-state index contributed by atoms with van der Waals surface area (Å²) in [5.74, 6) is 0.517. The lowest BCUT2D eigenvalue weighted by atomic mass is 10.1. The molecule has 0 radical (unpaired) electrons. The predicted molar refractivity (Wildman–Crippen MR) is 131 cm³/mol. The molecule has 0 saturated carbocycles. The van der Waals surface area contributed by atoms with Crippen LogP contribution in [0, 0.1) is 5.82 Å². The van der Waals surface area contributed by atoms with Gasteiger partial charge in [0.2, 0.25) is 5.91 Å². The third-order valence-electron chi connectivity index (χ3n) is 6.33. The van der Waals surface area contributed by atoms with Crippen LogP contribution in [0.2, 0.25) is 0 Å². The second kappa shape index (κ2) is 9.32. The molecule has 4 aromatic rings. The second-order valence-electron chi connectivity index (χ2n) is 8.93. The molecular formula is C26H26FN5O3. The highest BCUT2D eigenvalue weighted by atomic mass is 19.1. The van der Waals surface area contributed by atoms with Crippen LogP contribution in [0.4, 0.5) is 10.1 Å². The Hall–Kier alpha value is -4.01. The SMILES string of the molecule is CC(C)c1noc(-c2cc(=O)n(CC(=O)N3CCN(c4ccccc4F)CC3)c3ccccc23)n1. The van der Waals surface area contributed by atoms with Crippen molar-refractivity contribution in [2.75, 3.05) is 31.1 Å². The molecule has 0 bridgehead atoms. The molecule has 2 aromatic carbocycles. The number of nitrogens with zero attached hydrogens (tertiary/aromatic N) is 5. The minimum Gasteiger partial charge on any atom is -0.366 e. The number of hydrogen-bond donors (Lipinski definition) is 0. The van der Waals surface area contributed by atoms with E-state index in [0.717, 1.165) is 5.39 Å². The van der Waals surface area contributed by atoms with Crippen molar-refractivity contribution in [3.8, 4) is 11.5 Å². The van der Waals surface area contributed by atoms with E-state index >= 15 is 0 Å². The molecule has 35 heavy (non-hydrogen) atoms. The van der Waals surface area contributed by atoms with Crippen LogP contribution < -0.4 is 10.5 Å². The van der Waals surface area contributed by atoms with Gasteiger partial charge in [-0.25, -0.2) is 4.39 Å². The van der Waals surface area contributed by atoms with Crippen molar-refractivity contribution in [2.45, 2.75) is 26.3 Å². The predicted octanol–water partition coefficient (Wildman–Crippen LogP) is 3.66. The summed E-state index contributed by atoms with van der Waals surface area (Å²) in [7, 11) is 0. The highest BCUT2D eigenvalue weighted by molar-refractivity contribution is 5.93. The van der Waals surface area contributed by atoms with Gasteiger partial charge in [0, 0.05) is 43.5 Å². The van der Waals surface area contributed by atoms with E-state index in [9.17, 15) is 14.0 Å². The van der Waals surface area contributed by atoms with Gasteiger partial charge in [-0.3, -0.25) is 14.2 Å². The Labute approximate surface area is 201 Å². The largest absolute Gasteiger partial charge is 0.366 e. The van der Waals surface area contributed by atoms with E-state index in [-0.39, 0.29) is 35.6 Å². The number of carbonyl (C=O) groups is 1. The van der Waals surface area contributed by atoms with E-state index in [1.54, 1.807) is 23.1 Å². The lowest BCUT2D eigenvalue weighted by Gasteiger charge is -2.36. The number of hydrogen-bond acceptors (Lipinski definition) is 6. The van der Waals surface area contributed by atoms with Crippen molar-refractivity contribution in [3.05, 3.63) is 76.6 Å². The maximum atomic E-state index is 14.1. The lowest BCUT2D eigenvalue weighted by molar-refractivity contribution is -0.132. The molecule has 0 spiro atoms. The highest BCUT2D eigenvalue weighted by Crippen LogP contribution is 2.27. The summed E-state index contributed by atoms with van der Waals surface area (Å²) in [5, 5.41) is 4.76. The minimum atomic E-state index is -0.318. The van der Waals surface area contributed by atoms with Gasteiger partial charge in [0.25, 0.3) is 11.4 Å². The number of rotatable bonds is 5. The van der Waals surface area contributed by atoms with Gasteiger partial charge in [-0.2, -0.15) is 4.98 Å². The molecule has 3 heterocycles. The Balaban J connectivity index is 1.38. The van der Waals surface area contributed by atoms with Crippen molar-refractivity contribution in [2.24, 2.45) is 0 Å². The third-order valence-corrected chi connectivity index (χ3v) is 6.33. The number of amides is 1.